The van der Waals surface area contributed by atoms with Crippen LogP contribution in [0.15, 0.2) is 22.7 Å². The molecular weight excluding hydrogens is 244 g/mol. The first-order chi connectivity index (χ1) is 6.08. The van der Waals surface area contributed by atoms with E-state index in [4.69, 9.17) is 0 Å². The number of nitrogens with one attached hydrogen (secondary N) is 1. The maximum absolute atomic E-state index is 12.7. The van der Waals surface area contributed by atoms with E-state index in [0.717, 1.165) is 4.47 Å². The van der Waals surface area contributed by atoms with Gasteiger partial charge in [-0.05, 0) is 28.1 Å². The third-order valence-corrected chi connectivity index (χ3v) is 2.37. The van der Waals surface area contributed by atoms with Crippen LogP contribution in [-0.2, 0) is 0 Å². The second-order valence-corrected chi connectivity index (χ2v) is 3.56. The number of benzene rings is 1. The number of alkyl halides is 2. The Morgan fingerprint density at radius 1 is 1.46 bits per heavy atom. The molecule has 0 unspecified atom stereocenters. The number of halogens is 3. The number of para-hydroxylation sites is 1. The predicted octanol–water partition coefficient (Wildman–Crippen LogP) is 2.85. The summed E-state index contributed by atoms with van der Waals surface area (Å²) in [5, 5.41) is 2.60. The molecule has 1 aliphatic heterocycles. The molecule has 0 atom stereocenters. The summed E-state index contributed by atoms with van der Waals surface area (Å²) < 4.78 is 30.6. The van der Waals surface area contributed by atoms with Crippen LogP contribution in [-0.4, -0.2) is 12.7 Å². The SMILES string of the molecule is FC1(F)CNc2c(Br)cccc2O1. The molecule has 0 spiro atoms. The lowest BCUT2D eigenvalue weighted by Crippen LogP contribution is -2.37. The summed E-state index contributed by atoms with van der Waals surface area (Å²) in [5.41, 5.74) is 0.577. The lowest BCUT2D eigenvalue weighted by atomic mass is 10.2. The first kappa shape index (κ1) is 8.74. The predicted molar refractivity (Wildman–Crippen MR) is 48.2 cm³/mol. The van der Waals surface area contributed by atoms with Crippen LogP contribution in [0.3, 0.4) is 0 Å². The van der Waals surface area contributed by atoms with E-state index < -0.39 is 12.7 Å². The zero-order valence-corrected chi connectivity index (χ0v) is 8.07. The molecule has 0 aliphatic carbocycles. The largest absolute Gasteiger partial charge is 0.429 e. The van der Waals surface area contributed by atoms with Gasteiger partial charge in [-0.2, -0.15) is 8.78 Å². The third kappa shape index (κ3) is 1.60. The van der Waals surface area contributed by atoms with Gasteiger partial charge in [-0.3, -0.25) is 0 Å². The molecule has 2 rings (SSSR count). The Hall–Kier alpha value is -0.840. The Labute approximate surface area is 82.0 Å². The number of fused-ring (bicyclic) bond motifs is 1. The van der Waals surface area contributed by atoms with Crippen molar-refractivity contribution in [1.82, 2.24) is 0 Å². The van der Waals surface area contributed by atoms with Gasteiger partial charge in [-0.1, -0.05) is 6.07 Å². The maximum Gasteiger partial charge on any atom is 0.415 e. The fourth-order valence-electron chi connectivity index (χ4n) is 1.15. The molecule has 5 heteroatoms. The van der Waals surface area contributed by atoms with Gasteiger partial charge in [-0.15, -0.1) is 0 Å². The molecule has 1 N–H and O–H groups in total. The zero-order chi connectivity index (χ0) is 9.47. The van der Waals surface area contributed by atoms with Gasteiger partial charge in [0.2, 0.25) is 0 Å². The van der Waals surface area contributed by atoms with Gasteiger partial charge < -0.3 is 10.1 Å². The zero-order valence-electron chi connectivity index (χ0n) is 6.48. The third-order valence-electron chi connectivity index (χ3n) is 1.71. The van der Waals surface area contributed by atoms with Gasteiger partial charge in [0.25, 0.3) is 0 Å². The van der Waals surface area contributed by atoms with Crippen LogP contribution in [0.4, 0.5) is 14.5 Å². The Morgan fingerprint density at radius 2 is 2.23 bits per heavy atom. The second kappa shape index (κ2) is 2.83. The van der Waals surface area contributed by atoms with E-state index in [1.165, 1.54) is 6.07 Å². The molecule has 70 valence electrons. The monoisotopic (exact) mass is 249 g/mol. The second-order valence-electron chi connectivity index (χ2n) is 2.71. The molecule has 2 nitrogen and oxygen atoms in total. The highest BCUT2D eigenvalue weighted by Crippen LogP contribution is 2.38. The van der Waals surface area contributed by atoms with Gasteiger partial charge in [0.15, 0.2) is 5.75 Å². The van der Waals surface area contributed by atoms with E-state index in [-0.39, 0.29) is 5.75 Å². The highest BCUT2D eigenvalue weighted by Gasteiger charge is 2.36. The Kier molecular flexibility index (Phi) is 1.91. The summed E-state index contributed by atoms with van der Waals surface area (Å²) in [6.07, 6.45) is -3.12. The van der Waals surface area contributed by atoms with Crippen LogP contribution in [0.25, 0.3) is 0 Å². The van der Waals surface area contributed by atoms with Crippen molar-refractivity contribution < 1.29 is 13.5 Å². The summed E-state index contributed by atoms with van der Waals surface area (Å²) >= 11 is 3.23. The van der Waals surface area contributed by atoms with Crippen molar-refractivity contribution in [3.8, 4) is 5.75 Å². The van der Waals surface area contributed by atoms with E-state index in [1.54, 1.807) is 12.1 Å². The smallest absolute Gasteiger partial charge is 0.415 e. The first-order valence-electron chi connectivity index (χ1n) is 3.68. The maximum atomic E-state index is 12.7. The fourth-order valence-corrected chi connectivity index (χ4v) is 1.64. The standard InChI is InChI=1S/C8H6BrF2NO/c9-5-2-1-3-6-7(5)12-4-8(10,11)13-6/h1-3,12H,4H2. The number of ether oxygens (including phenoxy) is 1. The normalized spacial score (nSPS) is 18.4. The van der Waals surface area contributed by atoms with Crippen LogP contribution in [0.5, 0.6) is 5.75 Å². The summed E-state index contributed by atoms with van der Waals surface area (Å²) in [6.45, 7) is -0.497. The first-order valence-corrected chi connectivity index (χ1v) is 4.47. The van der Waals surface area contributed by atoms with E-state index in [2.05, 4.69) is 26.0 Å². The van der Waals surface area contributed by atoms with Crippen LogP contribution in [0, 0.1) is 0 Å². The van der Waals surface area contributed by atoms with Gasteiger partial charge in [0, 0.05) is 4.47 Å². The van der Waals surface area contributed by atoms with Gasteiger partial charge in [-0.25, -0.2) is 0 Å². The summed E-state index contributed by atoms with van der Waals surface area (Å²) in [5.74, 6) is 0.172. The molecule has 0 saturated heterocycles. The molecule has 1 aromatic carbocycles. The Morgan fingerprint density at radius 3 is 3.00 bits per heavy atom. The molecule has 13 heavy (non-hydrogen) atoms. The van der Waals surface area contributed by atoms with Crippen molar-refractivity contribution in [2.75, 3.05) is 11.9 Å². The highest BCUT2D eigenvalue weighted by molar-refractivity contribution is 9.10. The summed E-state index contributed by atoms with van der Waals surface area (Å²) in [6, 6.07) is 4.91. The lowest BCUT2D eigenvalue weighted by molar-refractivity contribution is -0.166. The van der Waals surface area contributed by atoms with Gasteiger partial charge >= 0.3 is 6.11 Å². The molecule has 0 bridgehead atoms. The van der Waals surface area contributed by atoms with Crippen LogP contribution in [0.2, 0.25) is 0 Å². The molecule has 1 aliphatic rings. The molecule has 0 aromatic heterocycles. The Bertz CT molecular complexity index is 343. The molecule has 1 aromatic rings. The minimum absolute atomic E-state index is 0.172. The summed E-state index contributed by atoms with van der Waals surface area (Å²) in [7, 11) is 0. The lowest BCUT2D eigenvalue weighted by Gasteiger charge is -2.26. The van der Waals surface area contributed by atoms with Crippen LogP contribution >= 0.6 is 15.9 Å². The quantitative estimate of drug-likeness (QED) is 0.764. The molecule has 0 saturated carbocycles. The van der Waals surface area contributed by atoms with E-state index in [0.29, 0.717) is 5.69 Å². The summed E-state index contributed by atoms with van der Waals surface area (Å²) in [4.78, 5) is 0. The average molecular weight is 250 g/mol. The Balaban J connectivity index is 2.42. The van der Waals surface area contributed by atoms with E-state index >= 15 is 0 Å². The van der Waals surface area contributed by atoms with Gasteiger partial charge in [0.05, 0.1) is 5.69 Å². The van der Waals surface area contributed by atoms with E-state index in [9.17, 15) is 8.78 Å². The topological polar surface area (TPSA) is 21.3 Å². The number of anilines is 1. The van der Waals surface area contributed by atoms with E-state index in [1.807, 2.05) is 0 Å². The number of hydrogen-bond donors (Lipinski definition) is 1. The number of rotatable bonds is 0. The van der Waals surface area contributed by atoms with Crippen molar-refractivity contribution in [2.45, 2.75) is 6.11 Å². The molecule has 0 radical (unpaired) electrons. The van der Waals surface area contributed by atoms with Crippen LogP contribution in [0.1, 0.15) is 0 Å². The molecular formula is C8H6BrF2NO. The minimum atomic E-state index is -3.12. The van der Waals surface area contributed by atoms with Crippen molar-refractivity contribution in [3.05, 3.63) is 22.7 Å². The highest BCUT2D eigenvalue weighted by atomic mass is 79.9. The molecule has 0 fully saturated rings. The van der Waals surface area contributed by atoms with Crippen molar-refractivity contribution in [3.63, 3.8) is 0 Å². The average Bonchev–Trinajstić information content (AvgIpc) is 2.02. The van der Waals surface area contributed by atoms with Crippen molar-refractivity contribution in [1.29, 1.82) is 0 Å². The molecule has 0 amide bonds. The van der Waals surface area contributed by atoms with Crippen LogP contribution < -0.4 is 10.1 Å². The van der Waals surface area contributed by atoms with Crippen molar-refractivity contribution in [2.24, 2.45) is 0 Å². The van der Waals surface area contributed by atoms with Crippen molar-refractivity contribution >= 4 is 21.6 Å². The van der Waals surface area contributed by atoms with Gasteiger partial charge in [0.1, 0.15) is 6.54 Å². The minimum Gasteiger partial charge on any atom is -0.429 e. The number of hydrogen-bond acceptors (Lipinski definition) is 2. The fraction of sp³-hybridized carbons (Fsp3) is 0.250. The molecule has 1 heterocycles.